The van der Waals surface area contributed by atoms with Crippen LogP contribution in [0.3, 0.4) is 0 Å². The smallest absolute Gasteiger partial charge is 0.334 e. The van der Waals surface area contributed by atoms with Gasteiger partial charge in [0.25, 0.3) is 0 Å². The van der Waals surface area contributed by atoms with Crippen LogP contribution in [-0.2, 0) is 11.8 Å². The number of halogens is 3. The molecule has 2 fully saturated rings. The van der Waals surface area contributed by atoms with Gasteiger partial charge < -0.3 is 14.8 Å². The summed E-state index contributed by atoms with van der Waals surface area (Å²) in [5.74, 6) is 0.132. The van der Waals surface area contributed by atoms with Gasteiger partial charge in [-0.15, -0.1) is 0 Å². The van der Waals surface area contributed by atoms with Crippen molar-refractivity contribution in [3.05, 3.63) is 43.0 Å². The van der Waals surface area contributed by atoms with Crippen LogP contribution >= 0.6 is 0 Å². The highest BCUT2D eigenvalue weighted by Gasteiger charge is 2.63. The van der Waals surface area contributed by atoms with Crippen molar-refractivity contribution < 1.29 is 18.0 Å². The SMILES string of the molecule is Cn1cncc1-c1ccc2cnc(NC(=O)C3CCN(CC4(C(F)(F)F)CC4)CC3)cc2c1. The van der Waals surface area contributed by atoms with E-state index in [2.05, 4.69) is 15.3 Å². The summed E-state index contributed by atoms with van der Waals surface area (Å²) >= 11 is 0. The average Bonchev–Trinajstić information content (AvgIpc) is 3.46. The molecule has 0 spiro atoms. The van der Waals surface area contributed by atoms with E-state index in [9.17, 15) is 18.0 Å². The maximum absolute atomic E-state index is 13.2. The number of carbonyl (C=O) groups is 1. The van der Waals surface area contributed by atoms with Crippen molar-refractivity contribution >= 4 is 22.5 Å². The second-order valence-corrected chi connectivity index (χ2v) is 9.34. The highest BCUT2D eigenvalue weighted by atomic mass is 19.4. The van der Waals surface area contributed by atoms with Crippen molar-refractivity contribution in [1.82, 2.24) is 19.4 Å². The predicted molar refractivity (Wildman–Crippen MR) is 119 cm³/mol. The molecule has 1 amide bonds. The van der Waals surface area contributed by atoms with Crippen LogP contribution in [0, 0.1) is 11.3 Å². The van der Waals surface area contributed by atoms with Gasteiger partial charge in [0.2, 0.25) is 5.91 Å². The van der Waals surface area contributed by atoms with Crippen LogP contribution in [0.4, 0.5) is 19.0 Å². The quantitative estimate of drug-likeness (QED) is 0.607. The number of fused-ring (bicyclic) bond motifs is 1. The summed E-state index contributed by atoms with van der Waals surface area (Å²) in [4.78, 5) is 23.2. The second-order valence-electron chi connectivity index (χ2n) is 9.34. The van der Waals surface area contributed by atoms with Gasteiger partial charge in [0.1, 0.15) is 5.82 Å². The first kappa shape index (κ1) is 21.9. The first-order valence-corrected chi connectivity index (χ1v) is 11.2. The number of likely N-dealkylation sites (tertiary alicyclic amines) is 1. The van der Waals surface area contributed by atoms with Gasteiger partial charge in [-0.1, -0.05) is 12.1 Å². The number of aromatic nitrogens is 3. The molecule has 3 aromatic rings. The maximum atomic E-state index is 13.2. The number of alkyl halides is 3. The van der Waals surface area contributed by atoms with E-state index in [0.717, 1.165) is 22.0 Å². The first-order valence-electron chi connectivity index (χ1n) is 11.2. The van der Waals surface area contributed by atoms with Gasteiger partial charge in [0.15, 0.2) is 0 Å². The number of hydrogen-bond donors (Lipinski definition) is 1. The van der Waals surface area contributed by atoms with Gasteiger partial charge in [0, 0.05) is 36.7 Å². The Morgan fingerprint density at radius 1 is 1.15 bits per heavy atom. The zero-order chi connectivity index (χ0) is 23.2. The maximum Gasteiger partial charge on any atom is 0.395 e. The van der Waals surface area contributed by atoms with E-state index in [1.165, 1.54) is 0 Å². The van der Waals surface area contributed by atoms with E-state index in [0.29, 0.717) is 31.7 Å². The summed E-state index contributed by atoms with van der Waals surface area (Å²) in [5.41, 5.74) is 0.487. The number of hydrogen-bond acceptors (Lipinski definition) is 4. The molecule has 0 radical (unpaired) electrons. The van der Waals surface area contributed by atoms with E-state index < -0.39 is 11.6 Å². The van der Waals surface area contributed by atoms with Crippen LogP contribution in [0.5, 0.6) is 0 Å². The van der Waals surface area contributed by atoms with Crippen LogP contribution in [-0.4, -0.2) is 51.2 Å². The Hall–Kier alpha value is -2.94. The summed E-state index contributed by atoms with van der Waals surface area (Å²) in [5, 5.41) is 4.82. The van der Waals surface area contributed by atoms with Crippen LogP contribution in [0.25, 0.3) is 22.0 Å². The number of anilines is 1. The predicted octanol–water partition coefficient (Wildman–Crippen LogP) is 4.63. The van der Waals surface area contributed by atoms with Gasteiger partial charge in [-0.05, 0) is 56.3 Å². The molecule has 1 aliphatic heterocycles. The molecule has 2 aliphatic rings. The molecule has 1 aromatic carbocycles. The molecule has 0 atom stereocenters. The number of carbonyl (C=O) groups excluding carboxylic acids is 1. The summed E-state index contributed by atoms with van der Waals surface area (Å²) in [6.07, 6.45) is 2.68. The number of nitrogens with one attached hydrogen (secondary N) is 1. The van der Waals surface area contributed by atoms with Crippen molar-refractivity contribution in [3.63, 3.8) is 0 Å². The number of benzene rings is 1. The fourth-order valence-electron chi connectivity index (χ4n) is 4.70. The van der Waals surface area contributed by atoms with Gasteiger partial charge >= 0.3 is 6.18 Å². The number of imidazole rings is 1. The van der Waals surface area contributed by atoms with E-state index in [-0.39, 0.29) is 31.2 Å². The van der Waals surface area contributed by atoms with E-state index in [1.807, 2.05) is 40.8 Å². The number of amides is 1. The highest BCUT2D eigenvalue weighted by Crippen LogP contribution is 2.58. The molecule has 174 valence electrons. The lowest BCUT2D eigenvalue weighted by Crippen LogP contribution is -2.44. The number of rotatable bonds is 5. The van der Waals surface area contributed by atoms with E-state index in [4.69, 9.17) is 0 Å². The number of piperidine rings is 1. The summed E-state index contributed by atoms with van der Waals surface area (Å²) in [7, 11) is 1.93. The molecule has 9 heteroatoms. The molecule has 2 aromatic heterocycles. The lowest BCUT2D eigenvalue weighted by Gasteiger charge is -2.34. The third-order valence-electron chi connectivity index (χ3n) is 7.02. The summed E-state index contributed by atoms with van der Waals surface area (Å²) in [6, 6.07) is 7.89. The van der Waals surface area contributed by atoms with E-state index in [1.54, 1.807) is 18.7 Å². The molecular weight excluding hydrogens is 431 g/mol. The topological polar surface area (TPSA) is 63.1 Å². The average molecular weight is 458 g/mol. The van der Waals surface area contributed by atoms with Gasteiger partial charge in [-0.2, -0.15) is 13.2 Å². The van der Waals surface area contributed by atoms with Gasteiger partial charge in [0.05, 0.1) is 23.6 Å². The van der Waals surface area contributed by atoms with Crippen LogP contribution in [0.15, 0.2) is 43.0 Å². The van der Waals surface area contributed by atoms with Crippen LogP contribution in [0.2, 0.25) is 0 Å². The zero-order valence-corrected chi connectivity index (χ0v) is 18.4. The molecule has 0 bridgehead atoms. The third kappa shape index (κ3) is 4.34. The molecule has 1 aliphatic carbocycles. The molecule has 6 nitrogen and oxygen atoms in total. The minimum absolute atomic E-state index is 0.0517. The Morgan fingerprint density at radius 3 is 2.55 bits per heavy atom. The van der Waals surface area contributed by atoms with Crippen molar-refractivity contribution in [2.45, 2.75) is 31.9 Å². The van der Waals surface area contributed by atoms with Crippen LogP contribution in [0.1, 0.15) is 25.7 Å². The lowest BCUT2D eigenvalue weighted by molar-refractivity contribution is -0.192. The molecule has 3 heterocycles. The Balaban J connectivity index is 1.22. The molecular formula is C24H26F3N5O. The minimum Gasteiger partial charge on any atom is -0.334 e. The number of aryl methyl sites for hydroxylation is 1. The Kier molecular flexibility index (Phi) is 5.39. The van der Waals surface area contributed by atoms with E-state index >= 15 is 0 Å². The van der Waals surface area contributed by atoms with Crippen molar-refractivity contribution in [3.8, 4) is 11.3 Å². The molecule has 5 rings (SSSR count). The molecule has 0 unspecified atom stereocenters. The van der Waals surface area contributed by atoms with Crippen LogP contribution < -0.4 is 5.32 Å². The fourth-order valence-corrected chi connectivity index (χ4v) is 4.70. The van der Waals surface area contributed by atoms with Gasteiger partial charge in [-0.25, -0.2) is 9.97 Å². The first-order chi connectivity index (χ1) is 15.7. The molecule has 1 saturated heterocycles. The highest BCUT2D eigenvalue weighted by molar-refractivity contribution is 5.95. The zero-order valence-electron chi connectivity index (χ0n) is 18.4. The lowest BCUT2D eigenvalue weighted by atomic mass is 9.94. The Bertz CT molecular complexity index is 1180. The standard InChI is InChI=1S/C24H26F3N5O/c1-31-15-28-13-20(31)17-2-3-18-12-29-21(11-19(18)10-17)30-22(33)16-4-8-32(9-5-16)14-23(6-7-23)24(25,26)27/h2-3,10-13,15-16H,4-9,14H2,1H3,(H,29,30,33). The monoisotopic (exact) mass is 457 g/mol. The van der Waals surface area contributed by atoms with Crippen molar-refractivity contribution in [2.24, 2.45) is 18.4 Å². The normalized spacial score (nSPS) is 19.0. The summed E-state index contributed by atoms with van der Waals surface area (Å²) < 4.78 is 41.6. The third-order valence-corrected chi connectivity index (χ3v) is 7.02. The molecule has 33 heavy (non-hydrogen) atoms. The van der Waals surface area contributed by atoms with Gasteiger partial charge in [-0.3, -0.25) is 4.79 Å². The number of pyridine rings is 1. The number of nitrogens with zero attached hydrogens (tertiary/aromatic N) is 4. The molecule has 1 N–H and O–H groups in total. The Labute approximate surface area is 189 Å². The minimum atomic E-state index is -4.14. The Morgan fingerprint density at radius 2 is 1.91 bits per heavy atom. The second kappa shape index (κ2) is 8.13. The fraction of sp³-hybridized carbons (Fsp3) is 0.458. The summed E-state index contributed by atoms with van der Waals surface area (Å²) in [6.45, 7) is 1.07. The largest absolute Gasteiger partial charge is 0.395 e. The van der Waals surface area contributed by atoms with Crippen molar-refractivity contribution in [2.75, 3.05) is 25.0 Å². The van der Waals surface area contributed by atoms with Crippen molar-refractivity contribution in [1.29, 1.82) is 0 Å². The molecule has 1 saturated carbocycles.